The molecule has 0 aromatic heterocycles. The van der Waals surface area contributed by atoms with Crippen molar-refractivity contribution in [2.75, 3.05) is 13.1 Å². The molecular formula is C17H25FN2O. The lowest BCUT2D eigenvalue weighted by atomic mass is 9.81. The number of halogens is 1. The molecule has 21 heavy (non-hydrogen) atoms. The lowest BCUT2D eigenvalue weighted by Gasteiger charge is -2.39. The van der Waals surface area contributed by atoms with Gasteiger partial charge in [-0.3, -0.25) is 4.79 Å². The minimum atomic E-state index is -0.720. The molecule has 2 atom stereocenters. The molecule has 0 radical (unpaired) electrons. The normalized spacial score (nSPS) is 21.2. The molecule has 1 aromatic rings. The number of benzene rings is 1. The van der Waals surface area contributed by atoms with Crippen LogP contribution in [0.4, 0.5) is 4.39 Å². The topological polar surface area (TPSA) is 46.3 Å². The van der Waals surface area contributed by atoms with Crippen molar-refractivity contribution in [1.82, 2.24) is 4.90 Å². The second kappa shape index (κ2) is 6.14. The lowest BCUT2D eigenvalue weighted by molar-refractivity contribution is -0.138. The zero-order chi connectivity index (χ0) is 15.6. The molecule has 1 saturated heterocycles. The van der Waals surface area contributed by atoms with Crippen LogP contribution in [0.15, 0.2) is 24.3 Å². The van der Waals surface area contributed by atoms with E-state index in [0.717, 1.165) is 24.9 Å². The fraction of sp³-hybridized carbons (Fsp3) is 0.588. The van der Waals surface area contributed by atoms with Crippen LogP contribution in [0.5, 0.6) is 0 Å². The molecule has 1 fully saturated rings. The highest BCUT2D eigenvalue weighted by molar-refractivity contribution is 5.87. The molecule has 1 heterocycles. The first-order valence-corrected chi connectivity index (χ1v) is 7.63. The van der Waals surface area contributed by atoms with Crippen molar-refractivity contribution in [2.24, 2.45) is 11.7 Å². The third-order valence-corrected chi connectivity index (χ3v) is 4.57. The average Bonchev–Trinajstić information content (AvgIpc) is 2.46. The van der Waals surface area contributed by atoms with Gasteiger partial charge in [0.15, 0.2) is 0 Å². The maximum absolute atomic E-state index is 13.4. The van der Waals surface area contributed by atoms with E-state index in [4.69, 9.17) is 5.73 Å². The summed E-state index contributed by atoms with van der Waals surface area (Å²) in [5.41, 5.74) is 5.98. The van der Waals surface area contributed by atoms with E-state index >= 15 is 0 Å². The zero-order valence-corrected chi connectivity index (χ0v) is 13.1. The number of piperidine rings is 1. The summed E-state index contributed by atoms with van der Waals surface area (Å²) in [5.74, 6) is 0.102. The number of nitrogens with zero attached hydrogens (tertiary/aromatic N) is 1. The number of hydrogen-bond acceptors (Lipinski definition) is 2. The third kappa shape index (κ3) is 3.43. The Labute approximate surface area is 126 Å². The Bertz CT molecular complexity index is 513. The minimum Gasteiger partial charge on any atom is -0.342 e. The summed E-state index contributed by atoms with van der Waals surface area (Å²) in [7, 11) is 0. The highest BCUT2D eigenvalue weighted by Gasteiger charge is 2.36. The van der Waals surface area contributed by atoms with Crippen LogP contribution in [0.1, 0.15) is 39.2 Å². The quantitative estimate of drug-likeness (QED) is 0.931. The lowest BCUT2D eigenvalue weighted by Crippen LogP contribution is -2.50. The van der Waals surface area contributed by atoms with Gasteiger partial charge in [-0.25, -0.2) is 4.39 Å². The number of likely N-dealkylation sites (tertiary alicyclic amines) is 1. The van der Waals surface area contributed by atoms with Gasteiger partial charge >= 0.3 is 0 Å². The van der Waals surface area contributed by atoms with E-state index < -0.39 is 5.41 Å². The van der Waals surface area contributed by atoms with Gasteiger partial charge in [0.25, 0.3) is 0 Å². The van der Waals surface area contributed by atoms with Crippen molar-refractivity contribution < 1.29 is 9.18 Å². The van der Waals surface area contributed by atoms with Gasteiger partial charge in [-0.05, 0) is 57.2 Å². The molecule has 1 aromatic carbocycles. The van der Waals surface area contributed by atoms with Crippen LogP contribution in [-0.4, -0.2) is 29.9 Å². The number of rotatable bonds is 3. The molecule has 2 N–H and O–H groups in total. The van der Waals surface area contributed by atoms with Gasteiger partial charge in [-0.1, -0.05) is 12.1 Å². The maximum Gasteiger partial charge on any atom is 0.232 e. The van der Waals surface area contributed by atoms with E-state index in [1.807, 2.05) is 31.7 Å². The Morgan fingerprint density at radius 1 is 1.48 bits per heavy atom. The van der Waals surface area contributed by atoms with E-state index in [1.165, 1.54) is 12.1 Å². The van der Waals surface area contributed by atoms with Gasteiger partial charge in [-0.2, -0.15) is 0 Å². The van der Waals surface area contributed by atoms with E-state index in [1.54, 1.807) is 6.07 Å². The van der Waals surface area contributed by atoms with E-state index in [9.17, 15) is 9.18 Å². The fourth-order valence-corrected chi connectivity index (χ4v) is 3.02. The number of carbonyl (C=O) groups excluding carboxylic acids is 1. The molecule has 4 heteroatoms. The van der Waals surface area contributed by atoms with Crippen LogP contribution in [0.3, 0.4) is 0 Å². The first-order valence-electron chi connectivity index (χ1n) is 7.63. The molecule has 2 unspecified atom stereocenters. The summed E-state index contributed by atoms with van der Waals surface area (Å²) in [4.78, 5) is 14.8. The number of carbonyl (C=O) groups is 1. The first-order chi connectivity index (χ1) is 9.82. The number of hydrogen-bond donors (Lipinski definition) is 1. The molecule has 1 amide bonds. The summed E-state index contributed by atoms with van der Waals surface area (Å²) in [6.45, 7) is 7.19. The molecule has 3 nitrogen and oxygen atoms in total. The molecule has 116 valence electrons. The van der Waals surface area contributed by atoms with Crippen LogP contribution >= 0.6 is 0 Å². The van der Waals surface area contributed by atoms with Crippen molar-refractivity contribution in [3.05, 3.63) is 35.6 Å². The smallest absolute Gasteiger partial charge is 0.232 e. The van der Waals surface area contributed by atoms with E-state index in [0.29, 0.717) is 12.5 Å². The Morgan fingerprint density at radius 2 is 2.19 bits per heavy atom. The third-order valence-electron chi connectivity index (χ3n) is 4.57. The van der Waals surface area contributed by atoms with Crippen LogP contribution in [0, 0.1) is 11.7 Å². The standard InChI is InChI=1S/C17H25FN2O/c1-12(19)13-6-5-9-20(11-13)16(21)17(2,3)14-7-4-8-15(18)10-14/h4,7-8,10,12-13H,5-6,9,11,19H2,1-3H3. The summed E-state index contributed by atoms with van der Waals surface area (Å²) in [6, 6.07) is 6.41. The summed E-state index contributed by atoms with van der Waals surface area (Å²) >= 11 is 0. The van der Waals surface area contributed by atoms with Gasteiger partial charge in [-0.15, -0.1) is 0 Å². The maximum atomic E-state index is 13.4. The number of nitrogens with two attached hydrogens (primary N) is 1. The molecule has 0 bridgehead atoms. The van der Waals surface area contributed by atoms with E-state index in [2.05, 4.69) is 0 Å². The molecule has 1 aliphatic rings. The van der Waals surface area contributed by atoms with Crippen molar-refractivity contribution in [3.63, 3.8) is 0 Å². The SMILES string of the molecule is CC(N)C1CCCN(C(=O)C(C)(C)c2cccc(F)c2)C1. The molecule has 0 spiro atoms. The Kier molecular flexibility index (Phi) is 4.67. The summed E-state index contributed by atoms with van der Waals surface area (Å²) < 4.78 is 13.4. The second-order valence-electron chi connectivity index (χ2n) is 6.65. The predicted octanol–water partition coefficient (Wildman–Crippen LogP) is 2.69. The van der Waals surface area contributed by atoms with Crippen molar-refractivity contribution in [2.45, 2.75) is 45.1 Å². The van der Waals surface area contributed by atoms with Crippen molar-refractivity contribution in [3.8, 4) is 0 Å². The molecule has 0 saturated carbocycles. The summed E-state index contributed by atoms with van der Waals surface area (Å²) in [6.07, 6.45) is 2.05. The van der Waals surface area contributed by atoms with Crippen LogP contribution in [0.2, 0.25) is 0 Å². The number of amides is 1. The van der Waals surface area contributed by atoms with Gasteiger partial charge in [0.2, 0.25) is 5.91 Å². The minimum absolute atomic E-state index is 0.0541. The van der Waals surface area contributed by atoms with Gasteiger partial charge in [0.05, 0.1) is 5.41 Å². The monoisotopic (exact) mass is 292 g/mol. The molecular weight excluding hydrogens is 267 g/mol. The Balaban J connectivity index is 2.18. The van der Waals surface area contributed by atoms with Crippen molar-refractivity contribution >= 4 is 5.91 Å². The van der Waals surface area contributed by atoms with Gasteiger partial charge in [0.1, 0.15) is 5.82 Å². The largest absolute Gasteiger partial charge is 0.342 e. The average molecular weight is 292 g/mol. The Hall–Kier alpha value is -1.42. The highest BCUT2D eigenvalue weighted by Crippen LogP contribution is 2.29. The highest BCUT2D eigenvalue weighted by atomic mass is 19.1. The molecule has 0 aliphatic carbocycles. The van der Waals surface area contributed by atoms with Crippen molar-refractivity contribution in [1.29, 1.82) is 0 Å². The van der Waals surface area contributed by atoms with Crippen LogP contribution in [0.25, 0.3) is 0 Å². The molecule has 2 rings (SSSR count). The second-order valence-corrected chi connectivity index (χ2v) is 6.65. The van der Waals surface area contributed by atoms with Gasteiger partial charge in [0, 0.05) is 19.1 Å². The van der Waals surface area contributed by atoms with Crippen LogP contribution < -0.4 is 5.73 Å². The summed E-state index contributed by atoms with van der Waals surface area (Å²) in [5, 5.41) is 0. The fourth-order valence-electron chi connectivity index (χ4n) is 3.02. The van der Waals surface area contributed by atoms with Gasteiger partial charge < -0.3 is 10.6 Å². The molecule has 1 aliphatic heterocycles. The van der Waals surface area contributed by atoms with E-state index in [-0.39, 0.29) is 17.8 Å². The first kappa shape index (κ1) is 16.0. The predicted molar refractivity (Wildman–Crippen MR) is 82.4 cm³/mol. The zero-order valence-electron chi connectivity index (χ0n) is 13.1. The van der Waals surface area contributed by atoms with Crippen LogP contribution in [-0.2, 0) is 10.2 Å². The Morgan fingerprint density at radius 3 is 2.81 bits per heavy atom.